The minimum absolute atomic E-state index is 0.143. The molecular formula is C11H16N2O2. The molecule has 0 N–H and O–H groups in total. The molecule has 4 heteroatoms. The van der Waals surface area contributed by atoms with Gasteiger partial charge in [0.05, 0.1) is 22.9 Å². The number of cyclic esters (lactones) is 1. The van der Waals surface area contributed by atoms with Crippen LogP contribution in [0, 0.1) is 11.8 Å². The largest absolute Gasteiger partial charge is 0.465 e. The van der Waals surface area contributed by atoms with Crippen molar-refractivity contribution in [2.75, 3.05) is 6.56 Å². The molecule has 1 aliphatic heterocycles. The summed E-state index contributed by atoms with van der Waals surface area (Å²) in [5, 5.41) is 0. The van der Waals surface area contributed by atoms with Gasteiger partial charge in [-0.05, 0) is 12.8 Å². The fourth-order valence-electron chi connectivity index (χ4n) is 1.44. The first-order chi connectivity index (χ1) is 10.3. The fraction of sp³-hybridized carbons (Fsp3) is 0.636. The molecule has 15 heavy (non-hydrogen) atoms. The Morgan fingerprint density at radius 3 is 3.53 bits per heavy atom. The number of carbonyl (C=O) groups is 1. The second kappa shape index (κ2) is 4.04. The lowest BCUT2D eigenvalue weighted by Gasteiger charge is -2.12. The Hall–Kier alpha value is -1.32. The van der Waals surface area contributed by atoms with Gasteiger partial charge in [-0.15, -0.1) is 0 Å². The van der Waals surface area contributed by atoms with Gasteiger partial charge in [0.15, 0.2) is 0 Å². The second-order valence-corrected chi connectivity index (χ2v) is 3.30. The van der Waals surface area contributed by atoms with E-state index in [4.69, 9.17) is 11.0 Å². The van der Waals surface area contributed by atoms with Gasteiger partial charge in [0.25, 0.3) is 0 Å². The quantitative estimate of drug-likeness (QED) is 0.712. The van der Waals surface area contributed by atoms with Crippen LogP contribution >= 0.6 is 0 Å². The standard InChI is InChI=1S/C11H16N2O2/c1-3-10-8(6-15-11(10)14)4-9-5-12-7-13(9)2/h5,7-8,10H,3-4,6H2,1-2H3/t8-,10-/m0/s1/i1D3,5D,6D2,7D,10D. The van der Waals surface area contributed by atoms with Gasteiger partial charge in [-0.3, -0.25) is 4.79 Å². The lowest BCUT2D eigenvalue weighted by molar-refractivity contribution is -0.141. The molecule has 2 heterocycles. The van der Waals surface area contributed by atoms with E-state index >= 15 is 0 Å². The fourth-order valence-corrected chi connectivity index (χ4v) is 1.44. The number of carbonyl (C=O) groups excluding carboxylic acids is 1. The molecule has 82 valence electrons. The van der Waals surface area contributed by atoms with Crippen LogP contribution in [0.4, 0.5) is 0 Å². The van der Waals surface area contributed by atoms with Gasteiger partial charge in [-0.2, -0.15) is 0 Å². The van der Waals surface area contributed by atoms with Gasteiger partial charge in [-0.25, -0.2) is 4.98 Å². The van der Waals surface area contributed by atoms with E-state index in [1.54, 1.807) is 0 Å². The van der Waals surface area contributed by atoms with E-state index in [2.05, 4.69) is 9.72 Å². The molecule has 0 aliphatic carbocycles. The molecule has 0 bridgehead atoms. The lowest BCUT2D eigenvalue weighted by atomic mass is 9.89. The number of nitrogens with zero attached hydrogens (tertiary/aromatic N) is 2. The molecule has 2 rings (SSSR count). The van der Waals surface area contributed by atoms with Gasteiger partial charge in [0.1, 0.15) is 1.37 Å². The van der Waals surface area contributed by atoms with Crippen molar-refractivity contribution in [2.45, 2.75) is 19.7 Å². The van der Waals surface area contributed by atoms with Gasteiger partial charge in [-0.1, -0.05) is 6.85 Å². The van der Waals surface area contributed by atoms with Crippen LogP contribution in [0.25, 0.3) is 0 Å². The van der Waals surface area contributed by atoms with Crippen LogP contribution in [0.1, 0.15) is 29.9 Å². The van der Waals surface area contributed by atoms with Crippen LogP contribution in [-0.4, -0.2) is 22.1 Å². The zero-order chi connectivity index (χ0) is 17.8. The summed E-state index contributed by atoms with van der Waals surface area (Å²) < 4.78 is 66.9. The highest BCUT2D eigenvalue weighted by atomic mass is 16.5. The molecule has 2 atom stereocenters. The molecule has 4 nitrogen and oxygen atoms in total. The number of ether oxygens (including phenoxy) is 1. The monoisotopic (exact) mass is 216 g/mol. The van der Waals surface area contributed by atoms with E-state index in [-0.39, 0.29) is 24.6 Å². The number of aromatic nitrogens is 2. The molecule has 0 radical (unpaired) electrons. The van der Waals surface area contributed by atoms with Crippen molar-refractivity contribution in [3.05, 3.63) is 18.2 Å². The van der Waals surface area contributed by atoms with Crippen LogP contribution in [0.15, 0.2) is 12.5 Å². The summed E-state index contributed by atoms with van der Waals surface area (Å²) in [6.45, 7) is -5.15. The maximum absolute atomic E-state index is 12.0. The Labute approximate surface area is 100 Å². The minimum Gasteiger partial charge on any atom is -0.465 e. The van der Waals surface area contributed by atoms with E-state index in [0.717, 1.165) is 0 Å². The van der Waals surface area contributed by atoms with Gasteiger partial charge >= 0.3 is 5.97 Å². The van der Waals surface area contributed by atoms with E-state index in [0.29, 0.717) is 0 Å². The molecule has 0 unspecified atom stereocenters. The predicted octanol–water partition coefficient (Wildman–Crippen LogP) is 1.16. The topological polar surface area (TPSA) is 44.1 Å². The van der Waals surface area contributed by atoms with Crippen molar-refractivity contribution in [2.24, 2.45) is 18.9 Å². The number of imidazole rings is 1. The summed E-state index contributed by atoms with van der Waals surface area (Å²) in [7, 11) is 1.45. The first-order valence-corrected chi connectivity index (χ1v) is 4.50. The van der Waals surface area contributed by atoms with Crippen molar-refractivity contribution in [3.63, 3.8) is 0 Å². The Morgan fingerprint density at radius 1 is 2.00 bits per heavy atom. The Bertz CT molecular complexity index is 641. The molecular weight excluding hydrogens is 192 g/mol. The molecule has 1 aliphatic rings. The Morgan fingerprint density at radius 2 is 2.87 bits per heavy atom. The normalized spacial score (nSPS) is 42.5. The second-order valence-electron chi connectivity index (χ2n) is 3.30. The molecule has 1 aromatic heterocycles. The number of hydrogen-bond donors (Lipinski definition) is 0. The number of rotatable bonds is 3. The van der Waals surface area contributed by atoms with E-state index in [9.17, 15) is 4.79 Å². The van der Waals surface area contributed by atoms with E-state index in [1.165, 1.54) is 11.6 Å². The highest BCUT2D eigenvalue weighted by Gasteiger charge is 2.35. The Kier molecular flexibility index (Phi) is 1.15. The lowest BCUT2D eigenvalue weighted by Crippen LogP contribution is -2.18. The smallest absolute Gasteiger partial charge is 0.309 e. The summed E-state index contributed by atoms with van der Waals surface area (Å²) in [5.74, 6) is -4.96. The average molecular weight is 216 g/mol. The van der Waals surface area contributed by atoms with E-state index in [1.807, 2.05) is 0 Å². The maximum atomic E-state index is 12.0. The zero-order valence-electron chi connectivity index (χ0n) is 16.2. The highest BCUT2D eigenvalue weighted by Crippen LogP contribution is 2.27. The first kappa shape index (κ1) is 4.28. The van der Waals surface area contributed by atoms with Crippen molar-refractivity contribution in [1.82, 2.24) is 9.55 Å². The number of hydrogen-bond acceptors (Lipinski definition) is 3. The maximum Gasteiger partial charge on any atom is 0.309 e. The average Bonchev–Trinajstić information content (AvgIpc) is 2.65. The zero-order valence-corrected chi connectivity index (χ0v) is 8.20. The van der Waals surface area contributed by atoms with Crippen molar-refractivity contribution >= 4 is 5.97 Å². The van der Waals surface area contributed by atoms with Gasteiger partial charge in [0.2, 0.25) is 0 Å². The van der Waals surface area contributed by atoms with Crippen LogP contribution in [0.3, 0.4) is 0 Å². The summed E-state index contributed by atoms with van der Waals surface area (Å²) in [4.78, 5) is 15.6. The van der Waals surface area contributed by atoms with Crippen LogP contribution in [0.5, 0.6) is 0 Å². The van der Waals surface area contributed by atoms with Crippen molar-refractivity contribution in [1.29, 1.82) is 0 Å². The van der Waals surface area contributed by atoms with Crippen LogP contribution < -0.4 is 0 Å². The molecule has 1 aromatic rings. The van der Waals surface area contributed by atoms with Crippen LogP contribution in [0.2, 0.25) is 0 Å². The summed E-state index contributed by atoms with van der Waals surface area (Å²) >= 11 is 0. The summed E-state index contributed by atoms with van der Waals surface area (Å²) in [5.41, 5.74) is 0.143. The van der Waals surface area contributed by atoms with Crippen molar-refractivity contribution in [3.8, 4) is 0 Å². The SMILES string of the molecule is [2H]c1nc([2H])n(C)c1C[C@H]1C([2H])([2H])OC(=O)[C@@]1([2H])CC([2H])([2H])[2H]. The molecule has 0 aromatic carbocycles. The molecule has 0 saturated carbocycles. The predicted molar refractivity (Wildman–Crippen MR) is 55.1 cm³/mol. The van der Waals surface area contributed by atoms with E-state index < -0.39 is 37.6 Å². The Balaban J connectivity index is 2.44. The molecule has 1 saturated heterocycles. The summed E-state index contributed by atoms with van der Waals surface area (Å²) in [6, 6.07) is 0. The third kappa shape index (κ3) is 1.89. The minimum atomic E-state index is -2.61. The first-order valence-electron chi connectivity index (χ1n) is 8.50. The molecule has 1 fully saturated rings. The third-order valence-corrected chi connectivity index (χ3v) is 2.35. The highest BCUT2D eigenvalue weighted by molar-refractivity contribution is 5.74. The summed E-state index contributed by atoms with van der Waals surface area (Å²) in [6.07, 6.45) is -1.66. The molecule has 0 spiro atoms. The number of esters is 1. The molecule has 0 amide bonds. The van der Waals surface area contributed by atoms with Crippen LogP contribution in [-0.2, 0) is 23.0 Å². The van der Waals surface area contributed by atoms with Gasteiger partial charge < -0.3 is 9.30 Å². The third-order valence-electron chi connectivity index (χ3n) is 2.35. The van der Waals surface area contributed by atoms with Gasteiger partial charge in [0, 0.05) is 30.3 Å². The van der Waals surface area contributed by atoms with Crippen molar-refractivity contribution < 1.29 is 20.5 Å².